The van der Waals surface area contributed by atoms with Crippen LogP contribution in [0.4, 0.5) is 0 Å². The normalized spacial score (nSPS) is 8.89. The average molecular weight is 475 g/mol. The molecule has 4 aromatic rings. The van der Waals surface area contributed by atoms with Gasteiger partial charge in [0.1, 0.15) is 0 Å². The first-order chi connectivity index (χ1) is 12.2. The van der Waals surface area contributed by atoms with Gasteiger partial charge >= 0.3 is 70.3 Å². The summed E-state index contributed by atoms with van der Waals surface area (Å²) < 4.78 is 1.46. The number of aryl methyl sites for hydroxylation is 1. The molecule has 0 N–H and O–H groups in total. The first kappa shape index (κ1) is 25.7. The second kappa shape index (κ2) is 14.7. The van der Waals surface area contributed by atoms with E-state index in [0.29, 0.717) is 0 Å². The van der Waals surface area contributed by atoms with E-state index in [2.05, 4.69) is 105 Å². The molecule has 140 valence electrons. The topological polar surface area (TPSA) is 0 Å². The Hall–Kier alpha value is -1.27. The van der Waals surface area contributed by atoms with Gasteiger partial charge in [-0.15, -0.1) is 29.7 Å². The molecule has 0 saturated heterocycles. The van der Waals surface area contributed by atoms with E-state index in [9.17, 15) is 0 Å². The molecule has 0 aliphatic carbocycles. The standard InChI is InChI=1S/C9H7.C8H8.C7H9.2ClH.Zr/c1-2-5-9-7-3-6-8(9)4-1;1-2-8-6-4-3-5-7-8;1-2-7-5-3-4-6-7;;;/h1-7H;3-7H,1H3;3-6H,2H2,1H3;2*1H;/q-1;;-1;;;+2/p-2. The fourth-order valence-electron chi connectivity index (χ4n) is 2.41. The molecular formula is C24H24Cl2Zr-2. The van der Waals surface area contributed by atoms with Crippen molar-refractivity contribution in [2.45, 2.75) is 20.3 Å². The van der Waals surface area contributed by atoms with Crippen LogP contribution in [0.5, 0.6) is 0 Å². The molecule has 0 fully saturated rings. The number of rotatable bonds is 2. The largest absolute Gasteiger partial charge is 1.00 e. The van der Waals surface area contributed by atoms with E-state index in [4.69, 9.17) is 0 Å². The Labute approximate surface area is 190 Å². The SMILES string of the molecule is CCc1cc[cH-]c1.C[C](=[Zr+2])c1ccccc1.[Cl-].[Cl-].c1ccc2[cH-]ccc2c1. The molecule has 4 rings (SSSR count). The summed E-state index contributed by atoms with van der Waals surface area (Å²) in [6.45, 7) is 4.32. The van der Waals surface area contributed by atoms with Crippen molar-refractivity contribution in [3.8, 4) is 0 Å². The third-order valence-corrected chi connectivity index (χ3v) is 4.60. The summed E-state index contributed by atoms with van der Waals surface area (Å²) >= 11 is 1.51. The molecule has 0 heterocycles. The quantitative estimate of drug-likeness (QED) is 0.367. The summed E-state index contributed by atoms with van der Waals surface area (Å²) in [6, 6.07) is 33.6. The van der Waals surface area contributed by atoms with Crippen molar-refractivity contribution >= 4 is 14.0 Å². The van der Waals surface area contributed by atoms with Crippen molar-refractivity contribution in [3.63, 3.8) is 0 Å². The van der Waals surface area contributed by atoms with Gasteiger partial charge in [0.25, 0.3) is 0 Å². The molecule has 0 atom stereocenters. The Morgan fingerprint density at radius 2 is 1.52 bits per heavy atom. The van der Waals surface area contributed by atoms with Gasteiger partial charge in [-0.2, -0.15) is 41.3 Å². The molecule has 0 unspecified atom stereocenters. The maximum absolute atomic E-state index is 2.16. The van der Waals surface area contributed by atoms with Crippen LogP contribution < -0.4 is 24.8 Å². The second-order valence-corrected chi connectivity index (χ2v) is 7.64. The second-order valence-electron chi connectivity index (χ2n) is 5.79. The maximum atomic E-state index is 2.16. The van der Waals surface area contributed by atoms with Crippen LogP contribution in [0, 0.1) is 0 Å². The predicted octanol–water partition coefficient (Wildman–Crippen LogP) is 0.308. The number of benzene rings is 2. The molecule has 0 nitrogen and oxygen atoms in total. The fourth-order valence-corrected chi connectivity index (χ4v) is 2.82. The number of fused-ring (bicyclic) bond motifs is 1. The van der Waals surface area contributed by atoms with E-state index < -0.39 is 0 Å². The number of halogens is 2. The molecule has 0 spiro atoms. The first-order valence-corrected chi connectivity index (χ1v) is 9.85. The molecule has 0 aliphatic rings. The minimum Gasteiger partial charge on any atom is -1.00 e. The van der Waals surface area contributed by atoms with Crippen LogP contribution in [0.15, 0.2) is 97.1 Å². The van der Waals surface area contributed by atoms with Crippen molar-refractivity contribution in [1.82, 2.24) is 0 Å². The van der Waals surface area contributed by atoms with E-state index in [1.54, 1.807) is 0 Å². The molecule has 4 aromatic carbocycles. The van der Waals surface area contributed by atoms with Gasteiger partial charge < -0.3 is 24.8 Å². The Balaban J connectivity index is 0.000000365. The molecule has 3 heteroatoms. The summed E-state index contributed by atoms with van der Waals surface area (Å²) in [6.07, 6.45) is 1.16. The minimum atomic E-state index is 0. The van der Waals surface area contributed by atoms with Crippen LogP contribution in [-0.2, 0) is 30.7 Å². The molecule has 0 bridgehead atoms. The van der Waals surface area contributed by atoms with Gasteiger partial charge in [-0.3, -0.25) is 0 Å². The smallest absolute Gasteiger partial charge is 0.0809 e. The maximum Gasteiger partial charge on any atom is -0.0809 e. The van der Waals surface area contributed by atoms with Crippen molar-refractivity contribution < 1.29 is 49.0 Å². The molecule has 0 aromatic heterocycles. The Morgan fingerprint density at radius 3 is 2.00 bits per heavy atom. The Morgan fingerprint density at radius 1 is 0.852 bits per heavy atom. The first-order valence-electron chi connectivity index (χ1n) is 8.62. The summed E-state index contributed by atoms with van der Waals surface area (Å²) in [7, 11) is 0. The summed E-state index contributed by atoms with van der Waals surface area (Å²) in [5.74, 6) is 0. The van der Waals surface area contributed by atoms with E-state index in [1.807, 2.05) is 6.07 Å². The van der Waals surface area contributed by atoms with Gasteiger partial charge in [0.2, 0.25) is 0 Å². The van der Waals surface area contributed by atoms with E-state index >= 15 is 0 Å². The summed E-state index contributed by atoms with van der Waals surface area (Å²) in [4.78, 5) is 0. The van der Waals surface area contributed by atoms with Crippen LogP contribution in [0.3, 0.4) is 0 Å². The zero-order valence-corrected chi connectivity index (χ0v) is 19.7. The van der Waals surface area contributed by atoms with Crippen LogP contribution in [0.1, 0.15) is 25.0 Å². The third kappa shape index (κ3) is 9.47. The van der Waals surface area contributed by atoms with Gasteiger partial charge in [0.05, 0.1) is 0 Å². The number of hydrogen-bond acceptors (Lipinski definition) is 0. The zero-order chi connectivity index (χ0) is 17.9. The van der Waals surface area contributed by atoms with Gasteiger partial charge in [-0.1, -0.05) is 19.4 Å². The Bertz CT molecular complexity index is 831. The molecule has 0 saturated carbocycles. The van der Waals surface area contributed by atoms with Gasteiger partial charge in [0, 0.05) is 0 Å². The van der Waals surface area contributed by atoms with Crippen molar-refractivity contribution in [2.24, 2.45) is 0 Å². The fraction of sp³-hybridized carbons (Fsp3) is 0.125. The predicted molar refractivity (Wildman–Crippen MR) is 107 cm³/mol. The molecule has 0 amide bonds. The zero-order valence-electron chi connectivity index (χ0n) is 15.7. The monoisotopic (exact) mass is 472 g/mol. The van der Waals surface area contributed by atoms with Crippen LogP contribution >= 0.6 is 0 Å². The molecule has 0 aliphatic heterocycles. The number of hydrogen-bond donors (Lipinski definition) is 0. The van der Waals surface area contributed by atoms with Gasteiger partial charge in [-0.25, -0.2) is 6.07 Å². The van der Waals surface area contributed by atoms with Crippen LogP contribution in [0.2, 0.25) is 0 Å². The van der Waals surface area contributed by atoms with Crippen molar-refractivity contribution in [1.29, 1.82) is 0 Å². The summed E-state index contributed by atoms with van der Waals surface area (Å²) in [5, 5.41) is 2.66. The molecule has 27 heavy (non-hydrogen) atoms. The van der Waals surface area contributed by atoms with Gasteiger partial charge in [0.15, 0.2) is 0 Å². The van der Waals surface area contributed by atoms with Gasteiger partial charge in [-0.05, 0) is 0 Å². The summed E-state index contributed by atoms with van der Waals surface area (Å²) in [5.41, 5.74) is 2.80. The Kier molecular flexibility index (Phi) is 14.1. The minimum absolute atomic E-state index is 0. The van der Waals surface area contributed by atoms with Crippen molar-refractivity contribution in [2.75, 3.05) is 0 Å². The van der Waals surface area contributed by atoms with E-state index in [1.165, 1.54) is 49.3 Å². The van der Waals surface area contributed by atoms with E-state index in [-0.39, 0.29) is 24.8 Å². The average Bonchev–Trinajstić information content (AvgIpc) is 3.35. The van der Waals surface area contributed by atoms with Crippen molar-refractivity contribution in [3.05, 3.63) is 108 Å². The van der Waals surface area contributed by atoms with Crippen LogP contribution in [0.25, 0.3) is 10.8 Å². The molecule has 0 radical (unpaired) electrons. The van der Waals surface area contributed by atoms with E-state index in [0.717, 1.165) is 6.42 Å². The third-order valence-electron chi connectivity index (χ3n) is 3.89. The molecular weight excluding hydrogens is 450 g/mol. The van der Waals surface area contributed by atoms with Crippen LogP contribution in [-0.4, -0.2) is 3.21 Å².